The molecule has 2 saturated heterocycles. The predicted molar refractivity (Wildman–Crippen MR) is 46.7 cm³/mol. The molecule has 0 aromatic rings. The SMILES string of the molecule is CN1CCCC[C@@H]2NCC[C@H]21. The van der Waals surface area contributed by atoms with E-state index in [0.717, 1.165) is 12.1 Å². The Bertz CT molecular complexity index is 136. The van der Waals surface area contributed by atoms with E-state index in [0.29, 0.717) is 0 Å². The fourth-order valence-corrected chi connectivity index (χ4v) is 2.47. The average Bonchev–Trinajstić information content (AvgIpc) is 2.40. The van der Waals surface area contributed by atoms with Crippen molar-refractivity contribution >= 4 is 0 Å². The Kier molecular flexibility index (Phi) is 2.14. The summed E-state index contributed by atoms with van der Waals surface area (Å²) in [6.07, 6.45) is 5.57. The van der Waals surface area contributed by atoms with Gasteiger partial charge in [0.15, 0.2) is 0 Å². The highest BCUT2D eigenvalue weighted by Gasteiger charge is 2.30. The molecule has 1 N–H and O–H groups in total. The number of nitrogens with one attached hydrogen (secondary N) is 1. The second-order valence-corrected chi connectivity index (χ2v) is 3.89. The largest absolute Gasteiger partial charge is 0.312 e. The molecule has 0 aromatic carbocycles. The molecule has 64 valence electrons. The molecule has 0 aromatic heterocycles. The van der Waals surface area contributed by atoms with E-state index in [2.05, 4.69) is 17.3 Å². The molecule has 2 atom stereocenters. The second kappa shape index (κ2) is 3.11. The highest BCUT2D eigenvalue weighted by Crippen LogP contribution is 2.21. The minimum Gasteiger partial charge on any atom is -0.312 e. The van der Waals surface area contributed by atoms with Crippen LogP contribution in [0.2, 0.25) is 0 Å². The zero-order chi connectivity index (χ0) is 7.68. The summed E-state index contributed by atoms with van der Waals surface area (Å²) in [6, 6.07) is 1.65. The summed E-state index contributed by atoms with van der Waals surface area (Å²) in [5, 5.41) is 3.59. The minimum absolute atomic E-state index is 0.808. The van der Waals surface area contributed by atoms with Crippen molar-refractivity contribution in [2.45, 2.75) is 37.8 Å². The molecule has 11 heavy (non-hydrogen) atoms. The maximum absolute atomic E-state index is 3.59. The summed E-state index contributed by atoms with van der Waals surface area (Å²) in [6.45, 7) is 2.54. The van der Waals surface area contributed by atoms with Crippen LogP contribution in [-0.4, -0.2) is 37.1 Å². The number of hydrogen-bond acceptors (Lipinski definition) is 2. The van der Waals surface area contributed by atoms with Crippen LogP contribution in [0.25, 0.3) is 0 Å². The van der Waals surface area contributed by atoms with Gasteiger partial charge in [-0.1, -0.05) is 6.42 Å². The summed E-state index contributed by atoms with van der Waals surface area (Å²) >= 11 is 0. The smallest absolute Gasteiger partial charge is 0.0258 e. The summed E-state index contributed by atoms with van der Waals surface area (Å²) in [7, 11) is 2.27. The zero-order valence-electron chi connectivity index (χ0n) is 7.34. The van der Waals surface area contributed by atoms with Gasteiger partial charge in [-0.2, -0.15) is 0 Å². The number of likely N-dealkylation sites (N-methyl/N-ethyl adjacent to an activating group) is 1. The Morgan fingerprint density at radius 2 is 2.18 bits per heavy atom. The van der Waals surface area contributed by atoms with Crippen molar-refractivity contribution in [2.24, 2.45) is 0 Å². The molecule has 0 bridgehead atoms. The molecule has 2 rings (SSSR count). The Morgan fingerprint density at radius 1 is 1.27 bits per heavy atom. The molecule has 2 aliphatic rings. The van der Waals surface area contributed by atoms with Gasteiger partial charge in [0.05, 0.1) is 0 Å². The first-order valence-electron chi connectivity index (χ1n) is 4.81. The molecule has 2 heteroatoms. The summed E-state index contributed by atoms with van der Waals surface area (Å²) in [5.74, 6) is 0. The van der Waals surface area contributed by atoms with Crippen molar-refractivity contribution in [2.75, 3.05) is 20.1 Å². The molecule has 0 unspecified atom stereocenters. The molecular formula is C9H18N2. The normalized spacial score (nSPS) is 40.1. The van der Waals surface area contributed by atoms with Crippen molar-refractivity contribution in [1.29, 1.82) is 0 Å². The second-order valence-electron chi connectivity index (χ2n) is 3.89. The van der Waals surface area contributed by atoms with Crippen LogP contribution in [0.5, 0.6) is 0 Å². The van der Waals surface area contributed by atoms with Crippen molar-refractivity contribution < 1.29 is 0 Å². The predicted octanol–water partition coefficient (Wildman–Crippen LogP) is 0.833. The van der Waals surface area contributed by atoms with Gasteiger partial charge >= 0.3 is 0 Å². The van der Waals surface area contributed by atoms with E-state index in [1.165, 1.54) is 38.8 Å². The van der Waals surface area contributed by atoms with E-state index in [-0.39, 0.29) is 0 Å². The van der Waals surface area contributed by atoms with Crippen molar-refractivity contribution in [3.63, 3.8) is 0 Å². The Morgan fingerprint density at radius 3 is 3.09 bits per heavy atom. The van der Waals surface area contributed by atoms with Gasteiger partial charge in [-0.15, -0.1) is 0 Å². The maximum atomic E-state index is 3.59. The van der Waals surface area contributed by atoms with E-state index >= 15 is 0 Å². The topological polar surface area (TPSA) is 15.3 Å². The lowest BCUT2D eigenvalue weighted by atomic mass is 10.1. The van der Waals surface area contributed by atoms with E-state index in [4.69, 9.17) is 0 Å². The quantitative estimate of drug-likeness (QED) is 0.556. The van der Waals surface area contributed by atoms with Crippen LogP contribution in [0, 0.1) is 0 Å². The molecule has 2 heterocycles. The summed E-state index contributed by atoms with van der Waals surface area (Å²) in [5.41, 5.74) is 0. The number of fused-ring (bicyclic) bond motifs is 1. The van der Waals surface area contributed by atoms with Gasteiger partial charge in [-0.25, -0.2) is 0 Å². The molecule has 0 aliphatic carbocycles. The van der Waals surface area contributed by atoms with Gasteiger partial charge in [0, 0.05) is 12.1 Å². The number of nitrogens with zero attached hydrogens (tertiary/aromatic N) is 1. The fourth-order valence-electron chi connectivity index (χ4n) is 2.47. The summed E-state index contributed by atoms with van der Waals surface area (Å²) in [4.78, 5) is 2.54. The van der Waals surface area contributed by atoms with Gasteiger partial charge in [-0.3, -0.25) is 0 Å². The molecule has 2 fully saturated rings. The van der Waals surface area contributed by atoms with Gasteiger partial charge in [-0.05, 0) is 39.4 Å². The standard InChI is InChI=1S/C9H18N2/c1-11-7-3-2-4-8-9(11)5-6-10-8/h8-10H,2-7H2,1H3/t8-,9+/m0/s1. The Hall–Kier alpha value is -0.0800. The lowest BCUT2D eigenvalue weighted by Crippen LogP contribution is -2.39. The van der Waals surface area contributed by atoms with Crippen LogP contribution in [0.1, 0.15) is 25.7 Å². The first kappa shape index (κ1) is 7.56. The highest BCUT2D eigenvalue weighted by atomic mass is 15.2. The van der Waals surface area contributed by atoms with Gasteiger partial charge < -0.3 is 10.2 Å². The van der Waals surface area contributed by atoms with Crippen LogP contribution in [0.15, 0.2) is 0 Å². The van der Waals surface area contributed by atoms with E-state index < -0.39 is 0 Å². The average molecular weight is 154 g/mol. The molecule has 0 amide bonds. The van der Waals surface area contributed by atoms with E-state index in [9.17, 15) is 0 Å². The molecule has 2 nitrogen and oxygen atoms in total. The molecule has 0 spiro atoms. The summed E-state index contributed by atoms with van der Waals surface area (Å²) < 4.78 is 0. The lowest BCUT2D eigenvalue weighted by Gasteiger charge is -2.25. The van der Waals surface area contributed by atoms with Crippen molar-refractivity contribution in [3.05, 3.63) is 0 Å². The first-order chi connectivity index (χ1) is 5.38. The third kappa shape index (κ3) is 1.42. The van der Waals surface area contributed by atoms with Crippen molar-refractivity contribution in [1.82, 2.24) is 10.2 Å². The number of likely N-dealkylation sites (tertiary alicyclic amines) is 1. The minimum atomic E-state index is 0.808. The number of hydrogen-bond donors (Lipinski definition) is 1. The van der Waals surface area contributed by atoms with Crippen LogP contribution < -0.4 is 5.32 Å². The lowest BCUT2D eigenvalue weighted by molar-refractivity contribution is 0.240. The molecule has 2 aliphatic heterocycles. The molecular weight excluding hydrogens is 136 g/mol. The van der Waals surface area contributed by atoms with Crippen LogP contribution in [0.4, 0.5) is 0 Å². The Labute approximate surface area is 69.0 Å². The Balaban J connectivity index is 2.03. The van der Waals surface area contributed by atoms with Gasteiger partial charge in [0.2, 0.25) is 0 Å². The third-order valence-electron chi connectivity index (χ3n) is 3.15. The molecule has 0 radical (unpaired) electrons. The van der Waals surface area contributed by atoms with Crippen molar-refractivity contribution in [3.8, 4) is 0 Å². The third-order valence-corrected chi connectivity index (χ3v) is 3.15. The van der Waals surface area contributed by atoms with Crippen LogP contribution >= 0.6 is 0 Å². The van der Waals surface area contributed by atoms with E-state index in [1.54, 1.807) is 0 Å². The van der Waals surface area contributed by atoms with Gasteiger partial charge in [0.25, 0.3) is 0 Å². The van der Waals surface area contributed by atoms with Crippen LogP contribution in [0.3, 0.4) is 0 Å². The van der Waals surface area contributed by atoms with Crippen LogP contribution in [-0.2, 0) is 0 Å². The maximum Gasteiger partial charge on any atom is 0.0258 e. The number of rotatable bonds is 0. The fraction of sp³-hybridized carbons (Fsp3) is 1.00. The first-order valence-corrected chi connectivity index (χ1v) is 4.81. The zero-order valence-corrected chi connectivity index (χ0v) is 7.34. The monoisotopic (exact) mass is 154 g/mol. The van der Waals surface area contributed by atoms with E-state index in [1.807, 2.05) is 0 Å². The molecule has 0 saturated carbocycles. The van der Waals surface area contributed by atoms with Gasteiger partial charge in [0.1, 0.15) is 0 Å². The highest BCUT2D eigenvalue weighted by molar-refractivity contribution is 4.91.